The summed E-state index contributed by atoms with van der Waals surface area (Å²) in [5, 5.41) is 0.443. The summed E-state index contributed by atoms with van der Waals surface area (Å²) in [4.78, 5) is 16.1. The molecule has 1 rings (SSSR count). The van der Waals surface area contributed by atoms with Crippen molar-refractivity contribution in [2.75, 3.05) is 13.2 Å². The Morgan fingerprint density at radius 3 is 2.76 bits per heavy atom. The van der Waals surface area contributed by atoms with Crippen LogP contribution >= 0.6 is 11.8 Å². The van der Waals surface area contributed by atoms with E-state index in [1.807, 2.05) is 13.8 Å². The van der Waals surface area contributed by atoms with Crippen LogP contribution in [0.25, 0.3) is 0 Å². The summed E-state index contributed by atoms with van der Waals surface area (Å²) in [6.45, 7) is 6.90. The predicted molar refractivity (Wildman–Crippen MR) is 70.3 cm³/mol. The highest BCUT2D eigenvalue weighted by Gasteiger charge is 2.39. The van der Waals surface area contributed by atoms with Gasteiger partial charge in [0.15, 0.2) is 6.40 Å². The van der Waals surface area contributed by atoms with Gasteiger partial charge < -0.3 is 9.47 Å². The van der Waals surface area contributed by atoms with Crippen LogP contribution in [0.2, 0.25) is 0 Å². The SMILES string of the molecule is CCO/C=N/C1SC(CC)CC1C(=O)OCC. The van der Waals surface area contributed by atoms with Crippen molar-refractivity contribution in [3.05, 3.63) is 0 Å². The van der Waals surface area contributed by atoms with E-state index in [1.54, 1.807) is 11.8 Å². The minimum absolute atomic E-state index is 0.0504. The van der Waals surface area contributed by atoms with E-state index in [0.29, 0.717) is 18.5 Å². The van der Waals surface area contributed by atoms with E-state index in [4.69, 9.17) is 9.47 Å². The van der Waals surface area contributed by atoms with Crippen LogP contribution in [0.4, 0.5) is 0 Å². The first-order valence-electron chi connectivity index (χ1n) is 6.18. The lowest BCUT2D eigenvalue weighted by molar-refractivity contribution is -0.147. The largest absolute Gasteiger partial charge is 0.484 e. The van der Waals surface area contributed by atoms with Gasteiger partial charge in [0.2, 0.25) is 0 Å². The molecule has 1 saturated heterocycles. The van der Waals surface area contributed by atoms with Crippen LogP contribution in [0.15, 0.2) is 4.99 Å². The van der Waals surface area contributed by atoms with E-state index in [0.717, 1.165) is 12.8 Å². The molecule has 0 bridgehead atoms. The van der Waals surface area contributed by atoms with E-state index in [-0.39, 0.29) is 17.3 Å². The Morgan fingerprint density at radius 2 is 2.18 bits per heavy atom. The lowest BCUT2D eigenvalue weighted by atomic mass is 10.0. The van der Waals surface area contributed by atoms with Crippen LogP contribution in [0.5, 0.6) is 0 Å². The van der Waals surface area contributed by atoms with Crippen LogP contribution in [0, 0.1) is 5.92 Å². The zero-order valence-corrected chi connectivity index (χ0v) is 11.5. The van der Waals surface area contributed by atoms with Gasteiger partial charge in [-0.3, -0.25) is 4.79 Å². The Balaban J connectivity index is 2.60. The normalized spacial score (nSPS) is 28.5. The number of ether oxygens (including phenoxy) is 2. The average Bonchev–Trinajstić information content (AvgIpc) is 2.73. The van der Waals surface area contributed by atoms with Crippen molar-refractivity contribution in [1.82, 2.24) is 0 Å². The molecule has 0 saturated carbocycles. The zero-order valence-electron chi connectivity index (χ0n) is 10.7. The second kappa shape index (κ2) is 7.58. The monoisotopic (exact) mass is 259 g/mol. The van der Waals surface area contributed by atoms with E-state index in [9.17, 15) is 4.79 Å². The van der Waals surface area contributed by atoms with Crippen molar-refractivity contribution < 1.29 is 14.3 Å². The molecule has 0 aliphatic carbocycles. The molecule has 1 aliphatic rings. The van der Waals surface area contributed by atoms with E-state index in [1.165, 1.54) is 6.40 Å². The maximum atomic E-state index is 11.8. The molecule has 3 unspecified atom stereocenters. The molecular weight excluding hydrogens is 238 g/mol. The summed E-state index contributed by atoms with van der Waals surface area (Å²) in [6, 6.07) is 0. The van der Waals surface area contributed by atoms with Crippen LogP contribution in [0.1, 0.15) is 33.6 Å². The number of hydrogen-bond donors (Lipinski definition) is 0. The molecule has 0 aromatic carbocycles. The maximum absolute atomic E-state index is 11.8. The maximum Gasteiger partial charge on any atom is 0.312 e. The number of thioether (sulfide) groups is 1. The molecule has 17 heavy (non-hydrogen) atoms. The van der Waals surface area contributed by atoms with Crippen molar-refractivity contribution >= 4 is 24.1 Å². The van der Waals surface area contributed by atoms with Crippen LogP contribution in [-0.4, -0.2) is 36.2 Å². The molecule has 0 amide bonds. The molecule has 1 heterocycles. The highest BCUT2D eigenvalue weighted by molar-refractivity contribution is 8.00. The Morgan fingerprint density at radius 1 is 1.41 bits per heavy atom. The van der Waals surface area contributed by atoms with Crippen molar-refractivity contribution in [2.24, 2.45) is 10.9 Å². The lowest BCUT2D eigenvalue weighted by Gasteiger charge is -2.12. The molecule has 1 aliphatic heterocycles. The number of aliphatic imine (C=N–C) groups is 1. The van der Waals surface area contributed by atoms with Crippen molar-refractivity contribution in [1.29, 1.82) is 0 Å². The molecule has 0 aromatic heterocycles. The van der Waals surface area contributed by atoms with E-state index < -0.39 is 0 Å². The fourth-order valence-electron chi connectivity index (χ4n) is 1.79. The van der Waals surface area contributed by atoms with Crippen LogP contribution in [0.3, 0.4) is 0 Å². The smallest absolute Gasteiger partial charge is 0.312 e. The summed E-state index contributed by atoms with van der Waals surface area (Å²) in [7, 11) is 0. The molecule has 5 heteroatoms. The topological polar surface area (TPSA) is 47.9 Å². The van der Waals surface area contributed by atoms with Gasteiger partial charge in [-0.2, -0.15) is 0 Å². The van der Waals surface area contributed by atoms with Gasteiger partial charge in [-0.1, -0.05) is 6.92 Å². The molecule has 4 nitrogen and oxygen atoms in total. The summed E-state index contributed by atoms with van der Waals surface area (Å²) in [6.07, 6.45) is 3.37. The highest BCUT2D eigenvalue weighted by Crippen LogP contribution is 2.41. The number of carbonyl (C=O) groups is 1. The first-order valence-corrected chi connectivity index (χ1v) is 7.12. The van der Waals surface area contributed by atoms with Gasteiger partial charge in [-0.15, -0.1) is 11.8 Å². The fourth-order valence-corrected chi connectivity index (χ4v) is 3.23. The van der Waals surface area contributed by atoms with Crippen molar-refractivity contribution in [2.45, 2.75) is 44.2 Å². The average molecular weight is 259 g/mol. The Hall–Kier alpha value is -0.710. The molecule has 0 radical (unpaired) electrons. The van der Waals surface area contributed by atoms with Gasteiger partial charge in [-0.05, 0) is 26.7 Å². The van der Waals surface area contributed by atoms with Crippen molar-refractivity contribution in [3.63, 3.8) is 0 Å². The van der Waals surface area contributed by atoms with Gasteiger partial charge in [0.1, 0.15) is 5.37 Å². The second-order valence-electron chi connectivity index (χ2n) is 3.86. The van der Waals surface area contributed by atoms with Gasteiger partial charge >= 0.3 is 5.97 Å². The van der Waals surface area contributed by atoms with E-state index in [2.05, 4.69) is 11.9 Å². The van der Waals surface area contributed by atoms with Gasteiger partial charge in [-0.25, -0.2) is 4.99 Å². The highest BCUT2D eigenvalue weighted by atomic mass is 32.2. The van der Waals surface area contributed by atoms with Gasteiger partial charge in [0.25, 0.3) is 0 Å². The van der Waals surface area contributed by atoms with E-state index >= 15 is 0 Å². The number of nitrogens with zero attached hydrogens (tertiary/aromatic N) is 1. The summed E-state index contributed by atoms with van der Waals surface area (Å²) < 4.78 is 10.2. The molecule has 98 valence electrons. The summed E-state index contributed by atoms with van der Waals surface area (Å²) >= 11 is 1.74. The summed E-state index contributed by atoms with van der Waals surface area (Å²) in [5.74, 6) is -0.254. The fraction of sp³-hybridized carbons (Fsp3) is 0.833. The van der Waals surface area contributed by atoms with Crippen LogP contribution in [-0.2, 0) is 14.3 Å². The minimum atomic E-state index is -0.130. The Kier molecular flexibility index (Phi) is 6.40. The third-order valence-corrected chi connectivity index (χ3v) is 4.33. The zero-order chi connectivity index (χ0) is 12.7. The molecule has 3 atom stereocenters. The number of hydrogen-bond acceptors (Lipinski definition) is 5. The third kappa shape index (κ3) is 4.22. The van der Waals surface area contributed by atoms with Gasteiger partial charge in [0.05, 0.1) is 19.1 Å². The number of carbonyl (C=O) groups excluding carboxylic acids is 1. The second-order valence-corrected chi connectivity index (χ2v) is 5.28. The number of esters is 1. The minimum Gasteiger partial charge on any atom is -0.484 e. The first-order chi connectivity index (χ1) is 8.22. The molecule has 1 fully saturated rings. The number of rotatable bonds is 6. The molecule has 0 aromatic rings. The quantitative estimate of drug-likeness (QED) is 0.418. The molecule has 0 N–H and O–H groups in total. The third-order valence-electron chi connectivity index (χ3n) is 2.69. The Labute approximate surface area is 107 Å². The predicted octanol–water partition coefficient (Wildman–Crippen LogP) is 2.47. The standard InChI is InChI=1S/C12H21NO3S/c1-4-9-7-10(12(14)16-6-3)11(17-9)13-8-15-5-2/h8-11H,4-7H2,1-3H3/b13-8+. The first kappa shape index (κ1) is 14.4. The summed E-state index contributed by atoms with van der Waals surface area (Å²) in [5.41, 5.74) is 0. The van der Waals surface area contributed by atoms with Crippen LogP contribution < -0.4 is 0 Å². The lowest BCUT2D eigenvalue weighted by Crippen LogP contribution is -2.23. The Bertz CT molecular complexity index is 270. The molecular formula is C12H21NO3S. The molecule has 0 spiro atoms. The van der Waals surface area contributed by atoms with Gasteiger partial charge in [0, 0.05) is 5.25 Å². The van der Waals surface area contributed by atoms with Crippen molar-refractivity contribution in [3.8, 4) is 0 Å².